The number of furan rings is 1. The van der Waals surface area contributed by atoms with Crippen LogP contribution in [0.3, 0.4) is 0 Å². The number of carbonyl (C=O) groups is 2. The molecule has 0 fully saturated rings. The zero-order valence-electron chi connectivity index (χ0n) is 17.6. The van der Waals surface area contributed by atoms with Gasteiger partial charge >= 0.3 is 5.97 Å². The van der Waals surface area contributed by atoms with E-state index < -0.39 is 12.1 Å². The molecule has 1 atom stereocenters. The van der Waals surface area contributed by atoms with Crippen LogP contribution in [-0.4, -0.2) is 23.0 Å². The molecule has 0 spiro atoms. The fourth-order valence-electron chi connectivity index (χ4n) is 3.44. The highest BCUT2D eigenvalue weighted by Gasteiger charge is 2.20. The SMILES string of the molecule is O=C(c1ccc(OC(CCc2ccc(-c3ccc(Cl)cc3)cc2)C(=O)O)cc1)c1ccco1. The van der Waals surface area contributed by atoms with Gasteiger partial charge in [0, 0.05) is 10.6 Å². The van der Waals surface area contributed by atoms with Gasteiger partial charge in [0.25, 0.3) is 0 Å². The molecule has 0 bridgehead atoms. The Hall–Kier alpha value is -3.83. The maximum absolute atomic E-state index is 12.3. The molecule has 0 aliphatic heterocycles. The molecule has 1 heterocycles. The number of hydrogen-bond donors (Lipinski definition) is 1. The van der Waals surface area contributed by atoms with E-state index in [9.17, 15) is 14.7 Å². The lowest BCUT2D eigenvalue weighted by atomic mass is 10.0. The van der Waals surface area contributed by atoms with Crippen LogP contribution in [-0.2, 0) is 11.2 Å². The van der Waals surface area contributed by atoms with Gasteiger partial charge in [0.15, 0.2) is 11.9 Å². The van der Waals surface area contributed by atoms with Crippen LogP contribution >= 0.6 is 11.6 Å². The molecule has 6 heteroatoms. The highest BCUT2D eigenvalue weighted by Crippen LogP contribution is 2.23. The number of benzene rings is 3. The molecule has 166 valence electrons. The molecule has 3 aromatic carbocycles. The monoisotopic (exact) mass is 460 g/mol. The van der Waals surface area contributed by atoms with Crippen molar-refractivity contribution in [3.05, 3.63) is 113 Å². The van der Waals surface area contributed by atoms with E-state index in [1.165, 1.54) is 6.26 Å². The highest BCUT2D eigenvalue weighted by atomic mass is 35.5. The lowest BCUT2D eigenvalue weighted by Crippen LogP contribution is -2.27. The van der Waals surface area contributed by atoms with E-state index in [-0.39, 0.29) is 11.5 Å². The number of carboxylic acid groups (broad SMARTS) is 1. The fourth-order valence-corrected chi connectivity index (χ4v) is 3.56. The normalized spacial score (nSPS) is 11.7. The van der Waals surface area contributed by atoms with Gasteiger partial charge in [-0.3, -0.25) is 4.79 Å². The van der Waals surface area contributed by atoms with Crippen molar-refractivity contribution in [3.63, 3.8) is 0 Å². The molecule has 33 heavy (non-hydrogen) atoms. The number of ketones is 1. The second-order valence-electron chi connectivity index (χ2n) is 7.52. The van der Waals surface area contributed by atoms with Crippen molar-refractivity contribution >= 4 is 23.4 Å². The average Bonchev–Trinajstić information content (AvgIpc) is 3.37. The third-order valence-electron chi connectivity index (χ3n) is 5.24. The second kappa shape index (κ2) is 10.2. The quantitative estimate of drug-likeness (QED) is 0.297. The molecular formula is C27H21ClO5. The van der Waals surface area contributed by atoms with Crippen LogP contribution in [0.4, 0.5) is 0 Å². The number of rotatable bonds is 9. The van der Waals surface area contributed by atoms with E-state index in [0.717, 1.165) is 16.7 Å². The van der Waals surface area contributed by atoms with Gasteiger partial charge in [0.2, 0.25) is 5.78 Å². The molecule has 1 unspecified atom stereocenters. The molecule has 0 amide bonds. The van der Waals surface area contributed by atoms with E-state index in [2.05, 4.69) is 0 Å². The number of carboxylic acids is 1. The maximum Gasteiger partial charge on any atom is 0.344 e. The van der Waals surface area contributed by atoms with Gasteiger partial charge < -0.3 is 14.3 Å². The Morgan fingerprint density at radius 1 is 0.879 bits per heavy atom. The van der Waals surface area contributed by atoms with Gasteiger partial charge in [-0.05, 0) is 78.1 Å². The Labute approximate surface area is 196 Å². The third-order valence-corrected chi connectivity index (χ3v) is 5.49. The van der Waals surface area contributed by atoms with E-state index in [1.807, 2.05) is 48.5 Å². The molecule has 0 saturated heterocycles. The van der Waals surface area contributed by atoms with Crippen LogP contribution in [0, 0.1) is 0 Å². The fraction of sp³-hybridized carbons (Fsp3) is 0.111. The van der Waals surface area contributed by atoms with Crippen molar-refractivity contribution in [1.82, 2.24) is 0 Å². The van der Waals surface area contributed by atoms with Crippen molar-refractivity contribution < 1.29 is 23.8 Å². The van der Waals surface area contributed by atoms with Crippen LogP contribution in [0.25, 0.3) is 11.1 Å². The van der Waals surface area contributed by atoms with E-state index >= 15 is 0 Å². The predicted octanol–water partition coefficient (Wildman–Crippen LogP) is 6.30. The lowest BCUT2D eigenvalue weighted by molar-refractivity contribution is -0.145. The number of hydrogen-bond acceptors (Lipinski definition) is 4. The summed E-state index contributed by atoms with van der Waals surface area (Å²) < 4.78 is 10.8. The van der Waals surface area contributed by atoms with Gasteiger partial charge in [-0.1, -0.05) is 48.0 Å². The molecule has 0 radical (unpaired) electrons. The van der Waals surface area contributed by atoms with Crippen LogP contribution in [0.1, 0.15) is 28.1 Å². The van der Waals surface area contributed by atoms with Gasteiger partial charge in [-0.2, -0.15) is 0 Å². The largest absolute Gasteiger partial charge is 0.479 e. The van der Waals surface area contributed by atoms with E-state index in [4.69, 9.17) is 20.8 Å². The molecule has 5 nitrogen and oxygen atoms in total. The Kier molecular flexibility index (Phi) is 6.91. The minimum absolute atomic E-state index is 0.245. The molecule has 1 N–H and O–H groups in total. The highest BCUT2D eigenvalue weighted by molar-refractivity contribution is 6.30. The smallest absolute Gasteiger partial charge is 0.344 e. The Balaban J connectivity index is 1.36. The van der Waals surface area contributed by atoms with Crippen molar-refractivity contribution in [1.29, 1.82) is 0 Å². The first-order valence-corrected chi connectivity index (χ1v) is 10.8. The van der Waals surface area contributed by atoms with Crippen molar-refractivity contribution in [2.45, 2.75) is 18.9 Å². The molecule has 4 rings (SSSR count). The molecule has 1 aromatic heterocycles. The summed E-state index contributed by atoms with van der Waals surface area (Å²) in [7, 11) is 0. The summed E-state index contributed by atoms with van der Waals surface area (Å²) >= 11 is 5.94. The van der Waals surface area contributed by atoms with Gasteiger partial charge in [0.1, 0.15) is 5.75 Å². The van der Waals surface area contributed by atoms with E-state index in [1.54, 1.807) is 36.4 Å². The summed E-state index contributed by atoms with van der Waals surface area (Å²) in [5.41, 5.74) is 3.57. The Morgan fingerprint density at radius 3 is 2.09 bits per heavy atom. The van der Waals surface area contributed by atoms with Gasteiger partial charge in [-0.15, -0.1) is 0 Å². The summed E-state index contributed by atoms with van der Waals surface area (Å²) in [5, 5.41) is 10.3. The van der Waals surface area contributed by atoms with E-state index in [0.29, 0.717) is 29.2 Å². The second-order valence-corrected chi connectivity index (χ2v) is 7.95. The molecule has 0 saturated carbocycles. The first-order valence-electron chi connectivity index (χ1n) is 10.4. The van der Waals surface area contributed by atoms with Gasteiger partial charge in [0.05, 0.1) is 6.26 Å². The third kappa shape index (κ3) is 5.70. The first kappa shape index (κ1) is 22.4. The van der Waals surface area contributed by atoms with Crippen LogP contribution in [0.5, 0.6) is 5.75 Å². The van der Waals surface area contributed by atoms with Crippen LogP contribution < -0.4 is 4.74 Å². The maximum atomic E-state index is 12.3. The van der Waals surface area contributed by atoms with Crippen LogP contribution in [0.2, 0.25) is 5.02 Å². The number of aryl methyl sites for hydroxylation is 1. The standard InChI is InChI=1S/C27H21ClO5/c28-22-12-8-20(9-13-22)19-6-3-18(4-7-19)5-16-25(27(30)31)33-23-14-10-21(11-15-23)26(29)24-2-1-17-32-24/h1-4,6-15,17,25H,5,16H2,(H,30,31). The summed E-state index contributed by atoms with van der Waals surface area (Å²) in [4.78, 5) is 24.0. The minimum atomic E-state index is -1.04. The summed E-state index contributed by atoms with van der Waals surface area (Å²) in [6.07, 6.45) is 1.29. The first-order chi connectivity index (χ1) is 16.0. The average molecular weight is 461 g/mol. The van der Waals surface area contributed by atoms with Crippen molar-refractivity contribution in [2.75, 3.05) is 0 Å². The van der Waals surface area contributed by atoms with Crippen molar-refractivity contribution in [2.24, 2.45) is 0 Å². The summed E-state index contributed by atoms with van der Waals surface area (Å²) in [6.45, 7) is 0. The zero-order valence-corrected chi connectivity index (χ0v) is 18.4. The van der Waals surface area contributed by atoms with Gasteiger partial charge in [-0.25, -0.2) is 4.79 Å². The number of aliphatic carboxylic acids is 1. The number of halogens is 1. The minimum Gasteiger partial charge on any atom is -0.479 e. The predicted molar refractivity (Wildman–Crippen MR) is 126 cm³/mol. The molecular weight excluding hydrogens is 440 g/mol. The Bertz CT molecular complexity index is 1210. The molecule has 0 aliphatic rings. The van der Waals surface area contributed by atoms with Crippen LogP contribution in [0.15, 0.2) is 95.6 Å². The zero-order chi connectivity index (χ0) is 23.2. The number of carbonyl (C=O) groups excluding carboxylic acids is 1. The topological polar surface area (TPSA) is 76.7 Å². The number of ether oxygens (including phenoxy) is 1. The lowest BCUT2D eigenvalue weighted by Gasteiger charge is -2.15. The summed E-state index contributed by atoms with van der Waals surface area (Å²) in [5.74, 6) is -0.655. The summed E-state index contributed by atoms with van der Waals surface area (Å²) in [6, 6.07) is 25.2. The Morgan fingerprint density at radius 2 is 1.52 bits per heavy atom. The van der Waals surface area contributed by atoms with Crippen molar-refractivity contribution in [3.8, 4) is 16.9 Å². The molecule has 0 aliphatic carbocycles. The molecule has 4 aromatic rings.